The minimum Gasteiger partial charge on any atom is -0.392 e. The van der Waals surface area contributed by atoms with Crippen molar-refractivity contribution in [3.8, 4) is 0 Å². The Kier molecular flexibility index (Phi) is 4.92. The number of likely N-dealkylation sites (N-methyl/N-ethyl adjacent to an activating group) is 1. The van der Waals surface area contributed by atoms with Crippen LogP contribution < -0.4 is 4.90 Å². The zero-order chi connectivity index (χ0) is 14.5. The fourth-order valence-corrected chi connectivity index (χ4v) is 2.51. The van der Waals surface area contributed by atoms with Crippen LogP contribution in [0, 0.1) is 10.1 Å². The molecule has 0 amide bonds. The van der Waals surface area contributed by atoms with Crippen molar-refractivity contribution in [2.24, 2.45) is 0 Å². The van der Waals surface area contributed by atoms with E-state index in [0.717, 1.165) is 19.4 Å². The summed E-state index contributed by atoms with van der Waals surface area (Å²) >= 11 is 0. The molecule has 1 aliphatic rings. The summed E-state index contributed by atoms with van der Waals surface area (Å²) in [6.07, 6.45) is 2.19. The Morgan fingerprint density at radius 1 is 1.55 bits per heavy atom. The second-order valence-corrected chi connectivity index (χ2v) is 4.91. The van der Waals surface area contributed by atoms with Gasteiger partial charge in [0.15, 0.2) is 0 Å². The van der Waals surface area contributed by atoms with E-state index in [1.54, 1.807) is 12.1 Å². The largest absolute Gasteiger partial charge is 0.392 e. The first-order chi connectivity index (χ1) is 9.65. The van der Waals surface area contributed by atoms with Gasteiger partial charge in [-0.25, -0.2) is 0 Å². The van der Waals surface area contributed by atoms with Crippen LogP contribution >= 0.6 is 0 Å². The van der Waals surface area contributed by atoms with Gasteiger partial charge in [0.05, 0.1) is 17.6 Å². The van der Waals surface area contributed by atoms with Gasteiger partial charge in [-0.05, 0) is 31.4 Å². The van der Waals surface area contributed by atoms with Crippen LogP contribution in [0.4, 0.5) is 11.4 Å². The van der Waals surface area contributed by atoms with Crippen LogP contribution in [0.3, 0.4) is 0 Å². The molecule has 6 heteroatoms. The molecule has 1 N–H and O–H groups in total. The molecule has 1 unspecified atom stereocenters. The van der Waals surface area contributed by atoms with Crippen molar-refractivity contribution in [1.29, 1.82) is 0 Å². The lowest BCUT2D eigenvalue weighted by Gasteiger charge is -2.25. The molecular weight excluding hydrogens is 260 g/mol. The molecule has 0 saturated carbocycles. The highest BCUT2D eigenvalue weighted by Gasteiger charge is 2.23. The Bertz CT molecular complexity index is 472. The van der Waals surface area contributed by atoms with Crippen molar-refractivity contribution in [3.63, 3.8) is 0 Å². The highest BCUT2D eigenvalue weighted by atomic mass is 16.6. The number of anilines is 1. The predicted molar refractivity (Wildman–Crippen MR) is 75.9 cm³/mol. The third kappa shape index (κ3) is 3.26. The van der Waals surface area contributed by atoms with E-state index in [9.17, 15) is 10.1 Å². The van der Waals surface area contributed by atoms with Gasteiger partial charge < -0.3 is 14.7 Å². The van der Waals surface area contributed by atoms with Crippen LogP contribution in [0.2, 0.25) is 0 Å². The fraction of sp³-hybridized carbons (Fsp3) is 0.571. The van der Waals surface area contributed by atoms with E-state index in [-0.39, 0.29) is 18.4 Å². The number of nitrogens with zero attached hydrogens (tertiary/aromatic N) is 2. The average Bonchev–Trinajstić information content (AvgIpc) is 2.97. The molecule has 0 spiro atoms. The van der Waals surface area contributed by atoms with E-state index in [1.165, 1.54) is 6.07 Å². The second-order valence-electron chi connectivity index (χ2n) is 4.91. The van der Waals surface area contributed by atoms with Gasteiger partial charge in [-0.3, -0.25) is 10.1 Å². The molecule has 0 radical (unpaired) electrons. The molecule has 1 aromatic carbocycles. The highest BCUT2D eigenvalue weighted by molar-refractivity contribution is 5.64. The van der Waals surface area contributed by atoms with Crippen LogP contribution in [-0.4, -0.2) is 35.8 Å². The molecule has 1 heterocycles. The quantitative estimate of drug-likeness (QED) is 0.638. The Hall–Kier alpha value is -1.66. The second kappa shape index (κ2) is 6.67. The summed E-state index contributed by atoms with van der Waals surface area (Å²) in [4.78, 5) is 12.8. The summed E-state index contributed by atoms with van der Waals surface area (Å²) in [5, 5.41) is 20.3. The van der Waals surface area contributed by atoms with Gasteiger partial charge in [0.2, 0.25) is 0 Å². The summed E-state index contributed by atoms with van der Waals surface area (Å²) in [6.45, 7) is 3.89. The number of aliphatic hydroxyl groups is 1. The average molecular weight is 280 g/mol. The van der Waals surface area contributed by atoms with Crippen LogP contribution in [0.1, 0.15) is 25.3 Å². The van der Waals surface area contributed by atoms with Gasteiger partial charge in [-0.1, -0.05) is 6.07 Å². The van der Waals surface area contributed by atoms with Gasteiger partial charge in [-0.2, -0.15) is 0 Å². The number of hydrogen-bond acceptors (Lipinski definition) is 5. The minimum atomic E-state index is -0.396. The van der Waals surface area contributed by atoms with E-state index in [1.807, 2.05) is 11.8 Å². The first-order valence-corrected chi connectivity index (χ1v) is 6.90. The fourth-order valence-electron chi connectivity index (χ4n) is 2.51. The molecule has 110 valence electrons. The number of ether oxygens (including phenoxy) is 1. The van der Waals surface area contributed by atoms with Crippen molar-refractivity contribution in [2.75, 3.05) is 24.6 Å². The summed E-state index contributed by atoms with van der Waals surface area (Å²) < 4.78 is 5.60. The predicted octanol–water partition coefficient (Wildman–Crippen LogP) is 2.09. The maximum absolute atomic E-state index is 11.2. The van der Waals surface area contributed by atoms with E-state index < -0.39 is 4.92 Å². The lowest BCUT2D eigenvalue weighted by molar-refractivity contribution is -0.384. The van der Waals surface area contributed by atoms with Crippen LogP contribution in [0.15, 0.2) is 18.2 Å². The van der Waals surface area contributed by atoms with Gasteiger partial charge in [0.25, 0.3) is 5.69 Å². The Morgan fingerprint density at radius 2 is 2.35 bits per heavy atom. The first-order valence-electron chi connectivity index (χ1n) is 6.90. The molecule has 1 fully saturated rings. The van der Waals surface area contributed by atoms with Gasteiger partial charge >= 0.3 is 0 Å². The van der Waals surface area contributed by atoms with E-state index in [0.29, 0.717) is 24.3 Å². The highest BCUT2D eigenvalue weighted by Crippen LogP contribution is 2.30. The topological polar surface area (TPSA) is 75.8 Å². The Balaban J connectivity index is 2.25. The van der Waals surface area contributed by atoms with E-state index >= 15 is 0 Å². The maximum Gasteiger partial charge on any atom is 0.292 e. The molecule has 20 heavy (non-hydrogen) atoms. The monoisotopic (exact) mass is 280 g/mol. The van der Waals surface area contributed by atoms with Crippen LogP contribution in [-0.2, 0) is 11.3 Å². The normalized spacial score (nSPS) is 18.2. The number of nitro groups is 1. The summed E-state index contributed by atoms with van der Waals surface area (Å²) in [5.41, 5.74) is 1.18. The van der Waals surface area contributed by atoms with Crippen molar-refractivity contribution in [1.82, 2.24) is 0 Å². The molecule has 6 nitrogen and oxygen atoms in total. The standard InChI is InChI=1S/C14H20N2O4/c1-2-15(9-12-4-3-7-20-12)13-6-5-11(10-17)8-14(13)16(18)19/h5-6,8,12,17H,2-4,7,9-10H2,1H3. The molecule has 0 bridgehead atoms. The van der Waals surface area contributed by atoms with Gasteiger partial charge in [0.1, 0.15) is 5.69 Å². The van der Waals surface area contributed by atoms with Crippen molar-refractivity contribution >= 4 is 11.4 Å². The third-order valence-electron chi connectivity index (χ3n) is 3.59. The molecule has 1 aliphatic heterocycles. The molecule has 0 aliphatic carbocycles. The van der Waals surface area contributed by atoms with E-state index in [2.05, 4.69) is 0 Å². The lowest BCUT2D eigenvalue weighted by atomic mass is 10.1. The Morgan fingerprint density at radius 3 is 2.90 bits per heavy atom. The minimum absolute atomic E-state index is 0.0383. The molecule has 2 rings (SSSR count). The van der Waals surface area contributed by atoms with E-state index in [4.69, 9.17) is 9.84 Å². The number of rotatable bonds is 6. The number of benzene rings is 1. The zero-order valence-electron chi connectivity index (χ0n) is 11.6. The molecule has 1 saturated heterocycles. The zero-order valence-corrected chi connectivity index (χ0v) is 11.6. The summed E-state index contributed by atoms with van der Waals surface area (Å²) in [7, 11) is 0. The maximum atomic E-state index is 11.2. The number of aliphatic hydroxyl groups excluding tert-OH is 1. The summed E-state index contributed by atoms with van der Waals surface area (Å²) in [6, 6.07) is 4.87. The summed E-state index contributed by atoms with van der Waals surface area (Å²) in [5.74, 6) is 0. The Labute approximate surface area is 118 Å². The van der Waals surface area contributed by atoms with Crippen LogP contribution in [0.5, 0.6) is 0 Å². The van der Waals surface area contributed by atoms with Crippen LogP contribution in [0.25, 0.3) is 0 Å². The molecule has 0 aromatic heterocycles. The van der Waals surface area contributed by atoms with Gasteiger partial charge in [-0.15, -0.1) is 0 Å². The number of hydrogen-bond donors (Lipinski definition) is 1. The van der Waals surface area contributed by atoms with Crippen molar-refractivity contribution in [2.45, 2.75) is 32.5 Å². The molecular formula is C14H20N2O4. The smallest absolute Gasteiger partial charge is 0.292 e. The van der Waals surface area contributed by atoms with Crippen molar-refractivity contribution in [3.05, 3.63) is 33.9 Å². The SMILES string of the molecule is CCN(CC1CCCO1)c1ccc(CO)cc1[N+](=O)[O-]. The number of nitro benzene ring substituents is 1. The first kappa shape index (κ1) is 14.7. The third-order valence-corrected chi connectivity index (χ3v) is 3.59. The van der Waals surface area contributed by atoms with Gasteiger partial charge in [0, 0.05) is 25.8 Å². The molecule has 1 aromatic rings. The van der Waals surface area contributed by atoms with Crippen molar-refractivity contribution < 1.29 is 14.8 Å². The molecule has 1 atom stereocenters. The lowest BCUT2D eigenvalue weighted by Crippen LogP contribution is -2.32.